The van der Waals surface area contributed by atoms with Gasteiger partial charge in [-0.15, -0.1) is 11.8 Å². The minimum absolute atomic E-state index is 0.203. The SMILES string of the molecule is O=C(COC(=O)CN1C(=O)CSc2ccccc21)Nc1ccc(F)cc1F. The molecule has 0 aliphatic carbocycles. The number of nitrogens with zero attached hydrogens (tertiary/aromatic N) is 1. The standard InChI is InChI=1S/C18H14F2N2O4S/c19-11-5-6-13(12(20)7-11)21-16(23)9-26-18(25)8-22-14-3-1-2-4-15(14)27-10-17(22)24/h1-7H,8-10H2,(H,21,23). The molecule has 2 aromatic carbocycles. The highest BCUT2D eigenvalue weighted by atomic mass is 32.2. The number of hydrogen-bond acceptors (Lipinski definition) is 5. The number of fused-ring (bicyclic) bond motifs is 1. The Bertz CT molecular complexity index is 907. The van der Waals surface area contributed by atoms with E-state index in [1.54, 1.807) is 12.1 Å². The fraction of sp³-hybridized carbons (Fsp3) is 0.167. The summed E-state index contributed by atoms with van der Waals surface area (Å²) >= 11 is 1.38. The molecular formula is C18H14F2N2O4S. The summed E-state index contributed by atoms with van der Waals surface area (Å²) in [7, 11) is 0. The van der Waals surface area contributed by atoms with Gasteiger partial charge < -0.3 is 10.1 Å². The molecule has 9 heteroatoms. The lowest BCUT2D eigenvalue weighted by molar-refractivity contribution is -0.146. The normalized spacial score (nSPS) is 13.1. The summed E-state index contributed by atoms with van der Waals surface area (Å²) in [5, 5.41) is 2.18. The van der Waals surface area contributed by atoms with E-state index >= 15 is 0 Å². The summed E-state index contributed by atoms with van der Waals surface area (Å²) in [6.45, 7) is -0.997. The lowest BCUT2D eigenvalue weighted by Crippen LogP contribution is -2.40. The fourth-order valence-electron chi connectivity index (χ4n) is 2.43. The first-order valence-electron chi connectivity index (χ1n) is 7.87. The number of carbonyl (C=O) groups excluding carboxylic acids is 3. The maximum absolute atomic E-state index is 13.5. The van der Waals surface area contributed by atoms with Crippen LogP contribution in [0.15, 0.2) is 47.4 Å². The van der Waals surface area contributed by atoms with Crippen molar-refractivity contribution in [2.45, 2.75) is 4.90 Å². The minimum Gasteiger partial charge on any atom is -0.454 e. The lowest BCUT2D eigenvalue weighted by Gasteiger charge is -2.27. The summed E-state index contributed by atoms with van der Waals surface area (Å²) in [4.78, 5) is 38.0. The predicted octanol–water partition coefficient (Wildman–Crippen LogP) is 2.59. The predicted molar refractivity (Wildman–Crippen MR) is 95.5 cm³/mol. The van der Waals surface area contributed by atoms with Gasteiger partial charge in [0.05, 0.1) is 17.1 Å². The Labute approximate surface area is 157 Å². The second-order valence-electron chi connectivity index (χ2n) is 5.57. The number of halogens is 2. The summed E-state index contributed by atoms with van der Waals surface area (Å²) in [6, 6.07) is 9.82. The van der Waals surface area contributed by atoms with Crippen LogP contribution in [0.4, 0.5) is 20.2 Å². The molecule has 0 saturated carbocycles. The van der Waals surface area contributed by atoms with E-state index in [-0.39, 0.29) is 23.9 Å². The number of amides is 2. The van der Waals surface area contributed by atoms with Gasteiger partial charge in [0.2, 0.25) is 5.91 Å². The van der Waals surface area contributed by atoms with Crippen LogP contribution in [0.3, 0.4) is 0 Å². The molecule has 2 amide bonds. The number of rotatable bonds is 5. The van der Waals surface area contributed by atoms with Crippen molar-refractivity contribution < 1.29 is 27.9 Å². The second kappa shape index (κ2) is 8.17. The highest BCUT2D eigenvalue weighted by molar-refractivity contribution is 8.00. The molecule has 0 aromatic heterocycles. The topological polar surface area (TPSA) is 75.7 Å². The second-order valence-corrected chi connectivity index (χ2v) is 6.59. The zero-order valence-electron chi connectivity index (χ0n) is 13.9. The molecule has 0 radical (unpaired) electrons. The monoisotopic (exact) mass is 392 g/mol. The summed E-state index contributed by atoms with van der Waals surface area (Å²) < 4.78 is 31.2. The van der Waals surface area contributed by atoms with Crippen molar-refractivity contribution >= 4 is 40.9 Å². The van der Waals surface area contributed by atoms with E-state index < -0.39 is 30.1 Å². The van der Waals surface area contributed by atoms with E-state index in [2.05, 4.69) is 5.32 Å². The Morgan fingerprint density at radius 3 is 2.74 bits per heavy atom. The van der Waals surface area contributed by atoms with Crippen LogP contribution in [0.25, 0.3) is 0 Å². The maximum atomic E-state index is 13.5. The number of nitrogens with one attached hydrogen (secondary N) is 1. The highest BCUT2D eigenvalue weighted by Gasteiger charge is 2.27. The van der Waals surface area contributed by atoms with Gasteiger partial charge in [0, 0.05) is 11.0 Å². The third-order valence-electron chi connectivity index (χ3n) is 3.66. The fourth-order valence-corrected chi connectivity index (χ4v) is 3.36. The molecule has 0 bridgehead atoms. The molecule has 0 unspecified atom stereocenters. The number of esters is 1. The van der Waals surface area contributed by atoms with Crippen LogP contribution in [0.2, 0.25) is 0 Å². The number of thioether (sulfide) groups is 1. The Morgan fingerprint density at radius 1 is 1.19 bits per heavy atom. The molecule has 3 rings (SSSR count). The van der Waals surface area contributed by atoms with Crippen molar-refractivity contribution in [3.05, 3.63) is 54.1 Å². The van der Waals surface area contributed by atoms with Gasteiger partial charge in [0.15, 0.2) is 6.61 Å². The maximum Gasteiger partial charge on any atom is 0.326 e. The summed E-state index contributed by atoms with van der Waals surface area (Å²) in [5.74, 6) is -3.32. The van der Waals surface area contributed by atoms with Crippen molar-refractivity contribution in [3.8, 4) is 0 Å². The first kappa shape index (κ1) is 18.8. The van der Waals surface area contributed by atoms with E-state index in [1.807, 2.05) is 12.1 Å². The molecule has 0 atom stereocenters. The molecule has 2 aromatic rings. The van der Waals surface area contributed by atoms with Gasteiger partial charge in [-0.3, -0.25) is 19.3 Å². The molecule has 0 saturated heterocycles. The third-order valence-corrected chi connectivity index (χ3v) is 4.71. The van der Waals surface area contributed by atoms with Crippen LogP contribution in [-0.4, -0.2) is 36.7 Å². The van der Waals surface area contributed by atoms with E-state index in [1.165, 1.54) is 16.7 Å². The van der Waals surface area contributed by atoms with Crippen LogP contribution >= 0.6 is 11.8 Å². The van der Waals surface area contributed by atoms with Crippen LogP contribution in [0.5, 0.6) is 0 Å². The molecule has 140 valence electrons. The molecule has 1 heterocycles. The van der Waals surface area contributed by atoms with Crippen LogP contribution in [-0.2, 0) is 19.1 Å². The van der Waals surface area contributed by atoms with Crippen LogP contribution < -0.4 is 10.2 Å². The van der Waals surface area contributed by atoms with Gasteiger partial charge in [-0.1, -0.05) is 12.1 Å². The molecule has 27 heavy (non-hydrogen) atoms. The molecule has 1 aliphatic heterocycles. The van der Waals surface area contributed by atoms with Gasteiger partial charge in [0.25, 0.3) is 5.91 Å². The quantitative estimate of drug-likeness (QED) is 0.792. The number of benzene rings is 2. The molecular weight excluding hydrogens is 378 g/mol. The number of carbonyl (C=O) groups is 3. The van der Waals surface area contributed by atoms with Gasteiger partial charge in [-0.2, -0.15) is 0 Å². The molecule has 0 fully saturated rings. The van der Waals surface area contributed by atoms with Crippen molar-refractivity contribution in [2.75, 3.05) is 29.1 Å². The van der Waals surface area contributed by atoms with E-state index in [4.69, 9.17) is 4.74 Å². The molecule has 0 spiro atoms. The lowest BCUT2D eigenvalue weighted by atomic mass is 10.2. The largest absolute Gasteiger partial charge is 0.454 e. The van der Waals surface area contributed by atoms with Gasteiger partial charge >= 0.3 is 5.97 Å². The summed E-state index contributed by atoms with van der Waals surface area (Å²) in [5.41, 5.74) is 0.378. The average molecular weight is 392 g/mol. The Morgan fingerprint density at radius 2 is 1.96 bits per heavy atom. The Balaban J connectivity index is 1.55. The smallest absolute Gasteiger partial charge is 0.326 e. The third kappa shape index (κ3) is 4.62. The van der Waals surface area contributed by atoms with Gasteiger partial charge in [-0.05, 0) is 24.3 Å². The average Bonchev–Trinajstić information content (AvgIpc) is 2.65. The number of ether oxygens (including phenoxy) is 1. The van der Waals surface area contributed by atoms with Gasteiger partial charge in [-0.25, -0.2) is 8.78 Å². The molecule has 6 nitrogen and oxygen atoms in total. The number of anilines is 2. The first-order valence-corrected chi connectivity index (χ1v) is 8.85. The zero-order valence-corrected chi connectivity index (χ0v) is 14.7. The van der Waals surface area contributed by atoms with Gasteiger partial charge in [0.1, 0.15) is 18.2 Å². The summed E-state index contributed by atoms with van der Waals surface area (Å²) in [6.07, 6.45) is 0. The van der Waals surface area contributed by atoms with Crippen molar-refractivity contribution in [1.82, 2.24) is 0 Å². The molecule has 1 N–H and O–H groups in total. The molecule has 1 aliphatic rings. The van der Waals surface area contributed by atoms with Crippen LogP contribution in [0, 0.1) is 11.6 Å². The van der Waals surface area contributed by atoms with Crippen molar-refractivity contribution in [3.63, 3.8) is 0 Å². The van der Waals surface area contributed by atoms with Crippen molar-refractivity contribution in [1.29, 1.82) is 0 Å². The zero-order chi connectivity index (χ0) is 19.4. The minimum atomic E-state index is -0.942. The number of para-hydroxylation sites is 1. The Kier molecular flexibility index (Phi) is 5.70. The van der Waals surface area contributed by atoms with E-state index in [0.29, 0.717) is 11.8 Å². The van der Waals surface area contributed by atoms with Crippen molar-refractivity contribution in [2.24, 2.45) is 0 Å². The van der Waals surface area contributed by atoms with E-state index in [0.717, 1.165) is 17.0 Å². The highest BCUT2D eigenvalue weighted by Crippen LogP contribution is 2.34. The first-order chi connectivity index (χ1) is 12.9. The Hall–Kier alpha value is -2.94. The number of hydrogen-bond donors (Lipinski definition) is 1. The van der Waals surface area contributed by atoms with Crippen LogP contribution in [0.1, 0.15) is 0 Å². The van der Waals surface area contributed by atoms with E-state index in [9.17, 15) is 23.2 Å².